The van der Waals surface area contributed by atoms with Crippen molar-refractivity contribution in [1.82, 2.24) is 19.5 Å². The molecule has 2 aromatic carbocycles. The molecule has 0 spiro atoms. The average molecular weight is 540 g/mol. The fourth-order valence-electron chi connectivity index (χ4n) is 6.45. The van der Waals surface area contributed by atoms with E-state index in [9.17, 15) is 4.79 Å². The van der Waals surface area contributed by atoms with Crippen LogP contribution in [-0.4, -0.2) is 52.9 Å². The molecule has 1 amide bonds. The molecule has 6 rings (SSSR count). The van der Waals surface area contributed by atoms with Crippen molar-refractivity contribution in [3.8, 4) is 11.3 Å². The summed E-state index contributed by atoms with van der Waals surface area (Å²) in [5, 5.41) is 8.91. The maximum atomic E-state index is 14.0. The lowest BCUT2D eigenvalue weighted by Gasteiger charge is -2.37. The van der Waals surface area contributed by atoms with Crippen LogP contribution in [-0.2, 0) is 4.79 Å². The smallest absolute Gasteiger partial charge is 0.230 e. The molecule has 1 N–H and O–H groups in total. The summed E-state index contributed by atoms with van der Waals surface area (Å²) in [6, 6.07) is 20.3. The van der Waals surface area contributed by atoms with Crippen molar-refractivity contribution >= 4 is 42.3 Å². The molecule has 1 aliphatic carbocycles. The standard InChI is InChI=1S/C31H35BClN5O/c32-25-19-35-38-28(17-27(36-30(25)38)24-14-6-7-15-26(24)33)34-18-21-9-8-16-37(20-21)31(39)29(23-12-4-5-13-23)22-10-2-1-3-11-22/h1-3,6-7,10-11,14-15,17,19,21,23,29,34H,4-5,8-9,12-13,16,18,20,32H2. The monoisotopic (exact) mass is 539 g/mol. The molecule has 0 bridgehead atoms. The van der Waals surface area contributed by atoms with Gasteiger partial charge in [0.25, 0.3) is 0 Å². The number of hydrogen-bond donors (Lipinski definition) is 1. The van der Waals surface area contributed by atoms with Gasteiger partial charge >= 0.3 is 0 Å². The number of nitrogens with zero attached hydrogens (tertiary/aromatic N) is 4. The van der Waals surface area contributed by atoms with Crippen LogP contribution in [0.15, 0.2) is 66.9 Å². The molecule has 2 fully saturated rings. The third kappa shape index (κ3) is 5.42. The first kappa shape index (κ1) is 25.9. The summed E-state index contributed by atoms with van der Waals surface area (Å²) in [6.07, 6.45) is 8.74. The molecule has 2 unspecified atom stereocenters. The Balaban J connectivity index is 1.20. The topological polar surface area (TPSA) is 62.5 Å². The first-order valence-corrected chi connectivity index (χ1v) is 14.6. The van der Waals surface area contributed by atoms with E-state index in [1.807, 2.05) is 55.0 Å². The quantitative estimate of drug-likeness (QED) is 0.338. The van der Waals surface area contributed by atoms with Gasteiger partial charge in [-0.05, 0) is 54.6 Å². The summed E-state index contributed by atoms with van der Waals surface area (Å²) in [4.78, 5) is 21.0. The number of nitrogens with one attached hydrogen (secondary N) is 1. The second kappa shape index (κ2) is 11.4. The lowest BCUT2D eigenvalue weighted by atomic mass is 9.83. The summed E-state index contributed by atoms with van der Waals surface area (Å²) in [5.41, 5.74) is 4.73. The van der Waals surface area contributed by atoms with Crippen molar-refractivity contribution in [2.75, 3.05) is 25.0 Å². The van der Waals surface area contributed by atoms with Gasteiger partial charge in [-0.2, -0.15) is 9.61 Å². The van der Waals surface area contributed by atoms with Gasteiger partial charge in [0.2, 0.25) is 5.91 Å². The molecule has 200 valence electrons. The normalized spacial score (nSPS) is 18.9. The van der Waals surface area contributed by atoms with Crippen LogP contribution in [0.25, 0.3) is 16.9 Å². The Kier molecular flexibility index (Phi) is 7.60. The summed E-state index contributed by atoms with van der Waals surface area (Å²) in [5.74, 6) is 2.00. The highest BCUT2D eigenvalue weighted by Crippen LogP contribution is 2.39. The summed E-state index contributed by atoms with van der Waals surface area (Å²) >= 11 is 6.52. The number of carbonyl (C=O) groups excluding carboxylic acids is 1. The Bertz CT molecular complexity index is 1450. The number of hydrogen-bond acceptors (Lipinski definition) is 4. The summed E-state index contributed by atoms with van der Waals surface area (Å²) in [6.45, 7) is 2.40. The molecule has 2 aromatic heterocycles. The van der Waals surface area contributed by atoms with Gasteiger partial charge in [0, 0.05) is 42.5 Å². The third-order valence-electron chi connectivity index (χ3n) is 8.50. The molecular weight excluding hydrogens is 505 g/mol. The van der Waals surface area contributed by atoms with Gasteiger partial charge in [0.15, 0.2) is 5.65 Å². The van der Waals surface area contributed by atoms with Gasteiger partial charge in [0.05, 0.1) is 11.6 Å². The SMILES string of the molecule is Bc1cnn2c(NCC3CCCN(C(=O)C(c4ccccc4)C4CCCC4)C3)cc(-c3ccccc3Cl)nc12. The van der Waals surface area contributed by atoms with Crippen molar-refractivity contribution in [2.45, 2.75) is 44.4 Å². The van der Waals surface area contributed by atoms with E-state index in [2.05, 4.69) is 39.6 Å². The van der Waals surface area contributed by atoms with Crippen LogP contribution >= 0.6 is 11.6 Å². The van der Waals surface area contributed by atoms with Crippen LogP contribution < -0.4 is 10.8 Å². The largest absolute Gasteiger partial charge is 0.370 e. The number of benzene rings is 2. The summed E-state index contributed by atoms with van der Waals surface area (Å²) in [7, 11) is 2.02. The van der Waals surface area contributed by atoms with E-state index in [1.54, 1.807) is 0 Å². The Morgan fingerprint density at radius 3 is 2.62 bits per heavy atom. The zero-order valence-electron chi connectivity index (χ0n) is 22.5. The van der Waals surface area contributed by atoms with E-state index >= 15 is 0 Å². The van der Waals surface area contributed by atoms with Crippen LogP contribution in [0.2, 0.25) is 5.02 Å². The van der Waals surface area contributed by atoms with E-state index in [4.69, 9.17) is 16.6 Å². The van der Waals surface area contributed by atoms with E-state index in [1.165, 1.54) is 18.4 Å². The Labute approximate surface area is 236 Å². The van der Waals surface area contributed by atoms with Crippen molar-refractivity contribution in [2.24, 2.45) is 11.8 Å². The summed E-state index contributed by atoms with van der Waals surface area (Å²) < 4.78 is 1.87. The van der Waals surface area contributed by atoms with Crippen LogP contribution in [0.3, 0.4) is 0 Å². The van der Waals surface area contributed by atoms with Crippen LogP contribution in [0, 0.1) is 11.8 Å². The van der Waals surface area contributed by atoms with Crippen molar-refractivity contribution in [3.63, 3.8) is 0 Å². The third-order valence-corrected chi connectivity index (χ3v) is 8.83. The highest BCUT2D eigenvalue weighted by atomic mass is 35.5. The van der Waals surface area contributed by atoms with E-state index < -0.39 is 0 Å². The van der Waals surface area contributed by atoms with Crippen LogP contribution in [0.5, 0.6) is 0 Å². The zero-order chi connectivity index (χ0) is 26.8. The Morgan fingerprint density at radius 2 is 1.82 bits per heavy atom. The first-order valence-electron chi connectivity index (χ1n) is 14.3. The second-order valence-corrected chi connectivity index (χ2v) is 11.6. The van der Waals surface area contributed by atoms with Crippen molar-refractivity contribution < 1.29 is 4.79 Å². The fraction of sp³-hybridized carbons (Fsp3) is 0.387. The van der Waals surface area contributed by atoms with Gasteiger partial charge in [-0.3, -0.25) is 4.79 Å². The zero-order valence-corrected chi connectivity index (χ0v) is 23.3. The molecule has 1 saturated carbocycles. The number of fused-ring (bicyclic) bond motifs is 1. The molecule has 2 aliphatic rings. The number of amides is 1. The number of anilines is 1. The minimum absolute atomic E-state index is 0.0227. The number of carbonyl (C=O) groups is 1. The lowest BCUT2D eigenvalue weighted by molar-refractivity contribution is -0.135. The van der Waals surface area contributed by atoms with Gasteiger partial charge in [-0.15, -0.1) is 0 Å². The maximum absolute atomic E-state index is 14.0. The predicted octanol–water partition coefficient (Wildman–Crippen LogP) is 4.93. The van der Waals surface area contributed by atoms with Gasteiger partial charge in [-0.1, -0.05) is 73.0 Å². The van der Waals surface area contributed by atoms with Crippen molar-refractivity contribution in [1.29, 1.82) is 0 Å². The molecular formula is C31H35BClN5O. The first-order chi connectivity index (χ1) is 19.1. The fourth-order valence-corrected chi connectivity index (χ4v) is 6.68. The Morgan fingerprint density at radius 1 is 1.05 bits per heavy atom. The van der Waals surface area contributed by atoms with Crippen LogP contribution in [0.4, 0.5) is 5.82 Å². The maximum Gasteiger partial charge on any atom is 0.230 e. The minimum atomic E-state index is -0.0227. The molecule has 4 aromatic rings. The van der Waals surface area contributed by atoms with E-state index in [0.29, 0.717) is 22.8 Å². The van der Waals surface area contributed by atoms with E-state index in [-0.39, 0.29) is 5.92 Å². The predicted molar refractivity (Wildman–Crippen MR) is 161 cm³/mol. The number of piperidine rings is 1. The Hall–Kier alpha value is -3.32. The molecule has 1 aliphatic heterocycles. The molecule has 2 atom stereocenters. The molecule has 6 nitrogen and oxygen atoms in total. The highest BCUT2D eigenvalue weighted by Gasteiger charge is 2.36. The van der Waals surface area contributed by atoms with Gasteiger partial charge in [0.1, 0.15) is 13.7 Å². The minimum Gasteiger partial charge on any atom is -0.370 e. The van der Waals surface area contributed by atoms with Crippen LogP contribution in [0.1, 0.15) is 50.0 Å². The van der Waals surface area contributed by atoms with Crippen molar-refractivity contribution in [3.05, 3.63) is 77.4 Å². The number of rotatable bonds is 7. The van der Waals surface area contributed by atoms with Gasteiger partial charge < -0.3 is 10.2 Å². The number of likely N-dealkylation sites (tertiary alicyclic amines) is 1. The lowest BCUT2D eigenvalue weighted by Crippen LogP contribution is -2.45. The molecule has 8 heteroatoms. The number of halogens is 1. The molecule has 39 heavy (non-hydrogen) atoms. The molecule has 3 heterocycles. The van der Waals surface area contributed by atoms with Gasteiger partial charge in [-0.25, -0.2) is 4.98 Å². The number of aromatic nitrogens is 3. The second-order valence-electron chi connectivity index (χ2n) is 11.2. The highest BCUT2D eigenvalue weighted by molar-refractivity contribution is 6.36. The molecule has 1 saturated heterocycles. The molecule has 0 radical (unpaired) electrons. The van der Waals surface area contributed by atoms with E-state index in [0.717, 1.165) is 73.5 Å². The average Bonchev–Trinajstić information content (AvgIpc) is 3.63.